The lowest BCUT2D eigenvalue weighted by molar-refractivity contribution is 0.102. The molecule has 10 heteroatoms. The molecule has 2 aromatic heterocycles. The van der Waals surface area contributed by atoms with Crippen molar-refractivity contribution in [1.29, 1.82) is 0 Å². The lowest BCUT2D eigenvalue weighted by Gasteiger charge is -2.04. The molecule has 3 rings (SSSR count). The molecule has 0 unspecified atom stereocenters. The quantitative estimate of drug-likeness (QED) is 0.757. The van der Waals surface area contributed by atoms with E-state index >= 15 is 0 Å². The molecule has 1 N–H and O–H groups in total. The van der Waals surface area contributed by atoms with Gasteiger partial charge in [0.2, 0.25) is 5.13 Å². The van der Waals surface area contributed by atoms with Gasteiger partial charge in [0.15, 0.2) is 5.69 Å². The number of methoxy groups -OCH3 is 1. The van der Waals surface area contributed by atoms with Gasteiger partial charge in [0.25, 0.3) is 5.91 Å². The fourth-order valence-corrected chi connectivity index (χ4v) is 2.74. The number of carbonyl (C=O) groups excluding carboxylic acids is 1. The molecule has 3 aromatic rings. The topological polar surface area (TPSA) is 94.8 Å². The van der Waals surface area contributed by atoms with Crippen molar-refractivity contribution in [3.05, 3.63) is 46.5 Å². The summed E-state index contributed by atoms with van der Waals surface area (Å²) in [6.45, 7) is 1.95. The zero-order valence-electron chi connectivity index (χ0n) is 12.9. The summed E-state index contributed by atoms with van der Waals surface area (Å²) in [6.07, 6.45) is 0. The fraction of sp³-hybridized carbons (Fsp3) is 0.214. The van der Waals surface area contributed by atoms with E-state index in [-0.39, 0.29) is 11.4 Å². The molecule has 1 aromatic carbocycles. The summed E-state index contributed by atoms with van der Waals surface area (Å²) < 4.78 is 20.1. The zero-order chi connectivity index (χ0) is 17.1. The lowest BCUT2D eigenvalue weighted by atomic mass is 10.2. The van der Waals surface area contributed by atoms with Crippen LogP contribution in [0.2, 0.25) is 0 Å². The predicted octanol–water partition coefficient (Wildman–Crippen LogP) is 1.97. The van der Waals surface area contributed by atoms with Crippen LogP contribution >= 0.6 is 11.3 Å². The predicted molar refractivity (Wildman–Crippen MR) is 84.6 cm³/mol. The smallest absolute Gasteiger partial charge is 0.279 e. The van der Waals surface area contributed by atoms with Gasteiger partial charge in [0.1, 0.15) is 23.1 Å². The molecule has 0 radical (unpaired) electrons. The molecule has 0 aliphatic heterocycles. The number of halogens is 1. The molecule has 0 atom stereocenters. The Labute approximate surface area is 140 Å². The molecule has 2 heterocycles. The van der Waals surface area contributed by atoms with E-state index in [0.29, 0.717) is 22.4 Å². The van der Waals surface area contributed by atoms with E-state index in [1.807, 2.05) is 0 Å². The molecule has 8 nitrogen and oxygen atoms in total. The summed E-state index contributed by atoms with van der Waals surface area (Å²) in [5, 5.41) is 19.0. The highest BCUT2D eigenvalue weighted by atomic mass is 32.1. The number of anilines is 1. The Hall–Kier alpha value is -2.72. The molecule has 24 heavy (non-hydrogen) atoms. The molecular weight excluding hydrogens is 335 g/mol. The maximum Gasteiger partial charge on any atom is 0.279 e. The van der Waals surface area contributed by atoms with Crippen LogP contribution in [0.15, 0.2) is 24.3 Å². The van der Waals surface area contributed by atoms with Crippen molar-refractivity contribution in [2.75, 3.05) is 12.4 Å². The van der Waals surface area contributed by atoms with Gasteiger partial charge >= 0.3 is 0 Å². The van der Waals surface area contributed by atoms with Crippen molar-refractivity contribution < 1.29 is 13.9 Å². The number of ether oxygens (including phenoxy) is 1. The van der Waals surface area contributed by atoms with Crippen LogP contribution in [-0.2, 0) is 11.3 Å². The van der Waals surface area contributed by atoms with Gasteiger partial charge < -0.3 is 4.74 Å². The second-order valence-corrected chi connectivity index (χ2v) is 5.84. The number of carbonyl (C=O) groups is 1. The summed E-state index contributed by atoms with van der Waals surface area (Å²) in [6, 6.07) is 6.12. The molecule has 0 aliphatic rings. The van der Waals surface area contributed by atoms with Crippen molar-refractivity contribution in [2.45, 2.75) is 13.5 Å². The van der Waals surface area contributed by atoms with Crippen LogP contribution in [0.3, 0.4) is 0 Å². The maximum atomic E-state index is 13.9. The van der Waals surface area contributed by atoms with Gasteiger partial charge in [-0.3, -0.25) is 10.1 Å². The van der Waals surface area contributed by atoms with Crippen molar-refractivity contribution in [1.82, 2.24) is 25.2 Å². The average Bonchev–Trinajstić information content (AvgIpc) is 3.15. The summed E-state index contributed by atoms with van der Waals surface area (Å²) in [4.78, 5) is 12.3. The van der Waals surface area contributed by atoms with E-state index in [0.717, 1.165) is 0 Å². The van der Waals surface area contributed by atoms with Crippen LogP contribution in [0.5, 0.6) is 0 Å². The minimum atomic E-state index is -0.491. The number of amides is 1. The fourth-order valence-electron chi connectivity index (χ4n) is 2.03. The highest BCUT2D eigenvalue weighted by Gasteiger charge is 2.20. The first kappa shape index (κ1) is 16.1. The molecule has 0 fully saturated rings. The van der Waals surface area contributed by atoms with E-state index in [1.165, 1.54) is 22.1 Å². The molecule has 0 bridgehead atoms. The van der Waals surface area contributed by atoms with Crippen molar-refractivity contribution in [2.24, 2.45) is 0 Å². The van der Waals surface area contributed by atoms with Gasteiger partial charge in [-0.1, -0.05) is 28.7 Å². The standard InChI is InChI=1S/C14H13FN6O2S/c1-8-12(13(22)16-14-19-17-11(24-14)7-23-2)18-20-21(8)10-6-4-3-5-9(10)15/h3-6H,7H2,1-2H3,(H,16,19,22). The summed E-state index contributed by atoms with van der Waals surface area (Å²) in [5.74, 6) is -0.944. The van der Waals surface area contributed by atoms with Gasteiger partial charge in [-0.05, 0) is 19.1 Å². The zero-order valence-corrected chi connectivity index (χ0v) is 13.7. The summed E-state index contributed by atoms with van der Waals surface area (Å²) >= 11 is 1.20. The third-order valence-corrected chi connectivity index (χ3v) is 3.96. The van der Waals surface area contributed by atoms with Crippen molar-refractivity contribution in [3.8, 4) is 5.69 Å². The number of rotatable bonds is 5. The van der Waals surface area contributed by atoms with Crippen LogP contribution in [0.1, 0.15) is 21.2 Å². The second kappa shape index (κ2) is 6.81. The number of hydrogen-bond acceptors (Lipinski definition) is 7. The summed E-state index contributed by atoms with van der Waals surface area (Å²) in [7, 11) is 1.55. The first-order chi connectivity index (χ1) is 11.6. The van der Waals surface area contributed by atoms with Crippen molar-refractivity contribution in [3.63, 3.8) is 0 Å². The Morgan fingerprint density at radius 1 is 1.33 bits per heavy atom. The molecule has 0 saturated heterocycles. The Balaban J connectivity index is 1.82. The SMILES string of the molecule is COCc1nnc(NC(=O)c2nnn(-c3ccccc3F)c2C)s1. The van der Waals surface area contributed by atoms with Gasteiger partial charge in [-0.25, -0.2) is 9.07 Å². The van der Waals surface area contributed by atoms with Crippen LogP contribution in [0.25, 0.3) is 5.69 Å². The van der Waals surface area contributed by atoms with Gasteiger partial charge in [-0.15, -0.1) is 15.3 Å². The Morgan fingerprint density at radius 3 is 2.88 bits per heavy atom. The minimum Gasteiger partial charge on any atom is -0.377 e. The highest BCUT2D eigenvalue weighted by Crippen LogP contribution is 2.19. The van der Waals surface area contributed by atoms with Crippen LogP contribution < -0.4 is 5.32 Å². The number of aromatic nitrogens is 5. The third kappa shape index (κ3) is 3.14. The Bertz CT molecular complexity index is 878. The normalized spacial score (nSPS) is 10.8. The summed E-state index contributed by atoms with van der Waals surface area (Å²) in [5.41, 5.74) is 0.723. The van der Waals surface area contributed by atoms with Crippen LogP contribution in [0.4, 0.5) is 9.52 Å². The monoisotopic (exact) mass is 348 g/mol. The van der Waals surface area contributed by atoms with Crippen LogP contribution in [-0.4, -0.2) is 38.2 Å². The Morgan fingerprint density at radius 2 is 2.12 bits per heavy atom. The van der Waals surface area contributed by atoms with Gasteiger partial charge in [0, 0.05) is 7.11 Å². The largest absolute Gasteiger partial charge is 0.377 e. The first-order valence-electron chi connectivity index (χ1n) is 6.90. The maximum absolute atomic E-state index is 13.9. The van der Waals surface area contributed by atoms with E-state index in [2.05, 4.69) is 25.8 Å². The average molecular weight is 348 g/mol. The minimum absolute atomic E-state index is 0.0849. The number of nitrogens with zero attached hydrogens (tertiary/aromatic N) is 5. The van der Waals surface area contributed by atoms with E-state index in [4.69, 9.17) is 4.74 Å². The third-order valence-electron chi connectivity index (χ3n) is 3.15. The molecule has 0 saturated carbocycles. The first-order valence-corrected chi connectivity index (χ1v) is 7.71. The van der Waals surface area contributed by atoms with Gasteiger partial charge in [-0.2, -0.15) is 0 Å². The van der Waals surface area contributed by atoms with Crippen LogP contribution in [0, 0.1) is 12.7 Å². The second-order valence-electron chi connectivity index (χ2n) is 4.77. The molecule has 0 spiro atoms. The number of hydrogen-bond donors (Lipinski definition) is 1. The molecule has 124 valence electrons. The van der Waals surface area contributed by atoms with Gasteiger partial charge in [0.05, 0.1) is 5.69 Å². The number of nitrogens with one attached hydrogen (secondary N) is 1. The molecule has 1 amide bonds. The van der Waals surface area contributed by atoms with E-state index < -0.39 is 11.7 Å². The molecule has 0 aliphatic carbocycles. The van der Waals surface area contributed by atoms with E-state index in [1.54, 1.807) is 32.2 Å². The Kier molecular flexibility index (Phi) is 4.58. The number of para-hydroxylation sites is 1. The highest BCUT2D eigenvalue weighted by molar-refractivity contribution is 7.15. The van der Waals surface area contributed by atoms with Crippen molar-refractivity contribution >= 4 is 22.4 Å². The van der Waals surface area contributed by atoms with E-state index in [9.17, 15) is 9.18 Å². The number of benzene rings is 1. The lowest BCUT2D eigenvalue weighted by Crippen LogP contribution is -2.14. The molecular formula is C14H13FN6O2S.